The number of hydrogen-bond donors (Lipinski definition) is 0. The van der Waals surface area contributed by atoms with Gasteiger partial charge in [-0.15, -0.1) is 11.6 Å². The van der Waals surface area contributed by atoms with Crippen molar-refractivity contribution >= 4 is 17.6 Å². The highest BCUT2D eigenvalue weighted by atomic mass is 35.5. The number of rotatable bonds is 2. The Bertz CT molecular complexity index is 124. The fourth-order valence-electron chi connectivity index (χ4n) is 0.657. The van der Waals surface area contributed by atoms with E-state index in [0.717, 1.165) is 6.42 Å². The molecule has 0 N–H and O–H groups in total. The Morgan fingerprint density at radius 1 is 1.89 bits per heavy atom. The van der Waals surface area contributed by atoms with Crippen molar-refractivity contribution in [2.75, 3.05) is 6.61 Å². The van der Waals surface area contributed by atoms with Crippen LogP contribution in [0, 0.1) is 5.92 Å². The number of ether oxygens (including phenoxy) is 1. The summed E-state index contributed by atoms with van der Waals surface area (Å²) in [5.74, 6) is -0.149. The first kappa shape index (κ1) is 6.87. The van der Waals surface area contributed by atoms with Crippen LogP contribution in [0.1, 0.15) is 13.3 Å². The smallest absolute Gasteiger partial charge is 0.310 e. The van der Waals surface area contributed by atoms with Gasteiger partial charge in [-0.25, -0.2) is 0 Å². The molecule has 0 saturated heterocycles. The van der Waals surface area contributed by atoms with E-state index in [9.17, 15) is 4.79 Å². The largest absolute Gasteiger partial charge is 0.466 e. The summed E-state index contributed by atoms with van der Waals surface area (Å²) in [7, 11) is 0. The monoisotopic (exact) mass is 148 g/mol. The topological polar surface area (TPSA) is 26.3 Å². The van der Waals surface area contributed by atoms with E-state index < -0.39 is 0 Å². The van der Waals surface area contributed by atoms with E-state index in [1.165, 1.54) is 0 Å². The molecule has 9 heavy (non-hydrogen) atoms. The summed E-state index contributed by atoms with van der Waals surface area (Å²) in [6.07, 6.45) is 0.792. The molecule has 1 aliphatic carbocycles. The summed E-state index contributed by atoms with van der Waals surface area (Å²) in [5, 5.41) is 0.0454. The molecular weight excluding hydrogens is 140 g/mol. The van der Waals surface area contributed by atoms with Crippen molar-refractivity contribution in [1.29, 1.82) is 0 Å². The van der Waals surface area contributed by atoms with Gasteiger partial charge in [-0.2, -0.15) is 0 Å². The lowest BCUT2D eigenvalue weighted by Gasteiger charge is -1.96. The second kappa shape index (κ2) is 2.56. The van der Waals surface area contributed by atoms with E-state index in [2.05, 4.69) is 0 Å². The molecule has 0 aromatic rings. The predicted molar refractivity (Wildman–Crippen MR) is 34.4 cm³/mol. The quantitative estimate of drug-likeness (QED) is 0.434. The molecule has 0 aromatic carbocycles. The van der Waals surface area contributed by atoms with Crippen molar-refractivity contribution in [3.63, 3.8) is 0 Å². The zero-order valence-electron chi connectivity index (χ0n) is 5.26. The summed E-state index contributed by atoms with van der Waals surface area (Å²) in [6, 6.07) is 0. The predicted octanol–water partition coefficient (Wildman–Crippen LogP) is 1.18. The minimum absolute atomic E-state index is 0.00776. The highest BCUT2D eigenvalue weighted by molar-refractivity contribution is 6.24. The molecule has 0 heterocycles. The Hall–Kier alpha value is -0.240. The first-order valence-electron chi connectivity index (χ1n) is 3.06. The molecule has 2 nitrogen and oxygen atoms in total. The van der Waals surface area contributed by atoms with Crippen molar-refractivity contribution in [2.45, 2.75) is 18.7 Å². The Morgan fingerprint density at radius 3 is 2.78 bits per heavy atom. The lowest BCUT2D eigenvalue weighted by atomic mass is 10.4. The maximum absolute atomic E-state index is 10.7. The Morgan fingerprint density at radius 2 is 2.44 bits per heavy atom. The van der Waals surface area contributed by atoms with Gasteiger partial charge in [0.1, 0.15) is 0 Å². The fourth-order valence-corrected chi connectivity index (χ4v) is 0.952. The first-order valence-corrected chi connectivity index (χ1v) is 3.50. The number of carbonyl (C=O) groups is 1. The van der Waals surface area contributed by atoms with Gasteiger partial charge in [0.15, 0.2) is 0 Å². The highest BCUT2D eigenvalue weighted by Gasteiger charge is 2.42. The van der Waals surface area contributed by atoms with Crippen molar-refractivity contribution in [3.05, 3.63) is 0 Å². The molecule has 1 saturated carbocycles. The van der Waals surface area contributed by atoms with Gasteiger partial charge in [0.05, 0.1) is 12.5 Å². The van der Waals surface area contributed by atoms with Gasteiger partial charge >= 0.3 is 5.97 Å². The standard InChI is InChI=1S/C6H9ClO2/c1-2-9-6(8)4-3-5(4)7/h4-5H,2-3H2,1H3/t4-,5-/m1/s1. The van der Waals surface area contributed by atoms with Crippen molar-refractivity contribution in [1.82, 2.24) is 0 Å². The third-order valence-corrected chi connectivity index (χ3v) is 1.78. The molecule has 1 aliphatic rings. The van der Waals surface area contributed by atoms with E-state index in [1.807, 2.05) is 0 Å². The fraction of sp³-hybridized carbons (Fsp3) is 0.833. The Labute approximate surface area is 59.1 Å². The number of halogens is 1. The van der Waals surface area contributed by atoms with Crippen LogP contribution < -0.4 is 0 Å². The minimum Gasteiger partial charge on any atom is -0.466 e. The molecule has 0 aliphatic heterocycles. The number of alkyl halides is 1. The van der Waals surface area contributed by atoms with Gasteiger partial charge in [-0.3, -0.25) is 4.79 Å². The minimum atomic E-state index is -0.141. The second-order valence-electron chi connectivity index (χ2n) is 2.11. The number of esters is 1. The Kier molecular flexibility index (Phi) is 1.96. The van der Waals surface area contributed by atoms with Crippen molar-refractivity contribution in [3.8, 4) is 0 Å². The van der Waals surface area contributed by atoms with Crippen LogP contribution in [0.4, 0.5) is 0 Å². The van der Waals surface area contributed by atoms with Crippen molar-refractivity contribution in [2.24, 2.45) is 5.92 Å². The van der Waals surface area contributed by atoms with Crippen LogP contribution in [0.15, 0.2) is 0 Å². The molecule has 0 radical (unpaired) electrons. The van der Waals surface area contributed by atoms with Crippen LogP contribution in [0.2, 0.25) is 0 Å². The second-order valence-corrected chi connectivity index (χ2v) is 2.67. The van der Waals surface area contributed by atoms with Gasteiger partial charge in [-0.1, -0.05) is 0 Å². The van der Waals surface area contributed by atoms with E-state index in [-0.39, 0.29) is 17.3 Å². The molecule has 0 spiro atoms. The molecule has 0 unspecified atom stereocenters. The summed E-state index contributed by atoms with van der Waals surface area (Å²) in [5.41, 5.74) is 0. The van der Waals surface area contributed by atoms with Crippen molar-refractivity contribution < 1.29 is 9.53 Å². The van der Waals surface area contributed by atoms with Crippen LogP contribution in [-0.4, -0.2) is 18.0 Å². The molecule has 0 aromatic heterocycles. The summed E-state index contributed by atoms with van der Waals surface area (Å²) in [4.78, 5) is 10.7. The molecule has 0 bridgehead atoms. The van der Waals surface area contributed by atoms with Crippen LogP contribution in [0.25, 0.3) is 0 Å². The number of hydrogen-bond acceptors (Lipinski definition) is 2. The van der Waals surface area contributed by atoms with Gasteiger partial charge < -0.3 is 4.74 Å². The summed E-state index contributed by atoms with van der Waals surface area (Å²) in [6.45, 7) is 2.25. The van der Waals surface area contributed by atoms with Gasteiger partial charge in [0, 0.05) is 5.38 Å². The molecule has 1 fully saturated rings. The zero-order valence-corrected chi connectivity index (χ0v) is 6.02. The maximum atomic E-state index is 10.7. The van der Waals surface area contributed by atoms with Crippen LogP contribution in [0.3, 0.4) is 0 Å². The molecule has 2 atom stereocenters. The first-order chi connectivity index (χ1) is 4.25. The molecular formula is C6H9ClO2. The third-order valence-electron chi connectivity index (χ3n) is 1.30. The highest BCUT2D eigenvalue weighted by Crippen LogP contribution is 2.36. The summed E-state index contributed by atoms with van der Waals surface area (Å²) >= 11 is 5.58. The molecule has 52 valence electrons. The Balaban J connectivity index is 2.20. The van der Waals surface area contributed by atoms with E-state index in [1.54, 1.807) is 6.92 Å². The van der Waals surface area contributed by atoms with E-state index >= 15 is 0 Å². The maximum Gasteiger partial charge on any atom is 0.310 e. The lowest BCUT2D eigenvalue weighted by Crippen LogP contribution is -2.07. The van der Waals surface area contributed by atoms with Gasteiger partial charge in [0.2, 0.25) is 0 Å². The average molecular weight is 149 g/mol. The van der Waals surface area contributed by atoms with Crippen LogP contribution in [0.5, 0.6) is 0 Å². The summed E-state index contributed by atoms with van der Waals surface area (Å²) < 4.78 is 4.71. The normalized spacial score (nSPS) is 31.8. The average Bonchev–Trinajstić information content (AvgIpc) is 2.47. The molecule has 0 amide bonds. The lowest BCUT2D eigenvalue weighted by molar-refractivity contribution is -0.144. The molecule has 1 rings (SSSR count). The molecule has 3 heteroatoms. The van der Waals surface area contributed by atoms with E-state index in [4.69, 9.17) is 16.3 Å². The van der Waals surface area contributed by atoms with Crippen LogP contribution in [-0.2, 0) is 9.53 Å². The number of carbonyl (C=O) groups excluding carboxylic acids is 1. The third kappa shape index (κ3) is 1.58. The van der Waals surface area contributed by atoms with Crippen LogP contribution >= 0.6 is 11.6 Å². The van der Waals surface area contributed by atoms with Gasteiger partial charge in [-0.05, 0) is 13.3 Å². The SMILES string of the molecule is CCOC(=O)[C@@H]1C[C@H]1Cl. The van der Waals surface area contributed by atoms with E-state index in [0.29, 0.717) is 6.61 Å². The van der Waals surface area contributed by atoms with Gasteiger partial charge in [0.25, 0.3) is 0 Å². The zero-order chi connectivity index (χ0) is 6.85.